The second kappa shape index (κ2) is 5.42. The number of hydrogen-bond acceptors (Lipinski definition) is 5. The van der Waals surface area contributed by atoms with Gasteiger partial charge in [-0.15, -0.1) is 0 Å². The summed E-state index contributed by atoms with van der Waals surface area (Å²) in [5.74, 6) is 0. The molecule has 0 bridgehead atoms. The van der Waals surface area contributed by atoms with Gasteiger partial charge in [0, 0.05) is 20.8 Å². The summed E-state index contributed by atoms with van der Waals surface area (Å²) in [6, 6.07) is 2.13. The van der Waals surface area contributed by atoms with Crippen LogP contribution in [-0.2, 0) is 14.2 Å². The molecule has 0 aliphatic carbocycles. The summed E-state index contributed by atoms with van der Waals surface area (Å²) in [5.41, 5.74) is -0.908. The van der Waals surface area contributed by atoms with Crippen molar-refractivity contribution in [2.24, 2.45) is 5.41 Å². The van der Waals surface area contributed by atoms with E-state index in [0.29, 0.717) is 13.0 Å². The molecule has 15 heavy (non-hydrogen) atoms. The highest BCUT2D eigenvalue weighted by molar-refractivity contribution is 5.06. The lowest BCUT2D eigenvalue weighted by molar-refractivity contribution is -0.203. The van der Waals surface area contributed by atoms with Crippen molar-refractivity contribution in [2.75, 3.05) is 27.4 Å². The number of nitriles is 1. The predicted molar refractivity (Wildman–Crippen MR) is 51.9 cm³/mol. The predicted octanol–water partition coefficient (Wildman–Crippen LogP) is 0.287. The zero-order chi connectivity index (χ0) is 11.3. The van der Waals surface area contributed by atoms with Crippen molar-refractivity contribution in [3.63, 3.8) is 0 Å². The molecule has 0 aromatic heterocycles. The highest BCUT2D eigenvalue weighted by Crippen LogP contribution is 2.33. The fourth-order valence-electron chi connectivity index (χ4n) is 1.82. The number of aliphatic hydroxyl groups excluding tert-OH is 1. The second-order valence-electron chi connectivity index (χ2n) is 3.71. The molecule has 5 heteroatoms. The Bertz CT molecular complexity index is 228. The summed E-state index contributed by atoms with van der Waals surface area (Å²) in [6.45, 7) is 0.870. The minimum absolute atomic E-state index is 0.230. The van der Waals surface area contributed by atoms with E-state index in [1.165, 1.54) is 14.2 Å². The highest BCUT2D eigenvalue weighted by atomic mass is 16.7. The van der Waals surface area contributed by atoms with Gasteiger partial charge in [-0.3, -0.25) is 0 Å². The largest absolute Gasteiger partial charge is 0.386 e. The van der Waals surface area contributed by atoms with Crippen LogP contribution in [0.15, 0.2) is 0 Å². The van der Waals surface area contributed by atoms with Gasteiger partial charge in [-0.25, -0.2) is 0 Å². The summed E-state index contributed by atoms with van der Waals surface area (Å²) in [7, 11) is 2.87. The van der Waals surface area contributed by atoms with Crippen LogP contribution < -0.4 is 0 Å². The number of hydrogen-bond donors (Lipinski definition) is 1. The van der Waals surface area contributed by atoms with Crippen molar-refractivity contribution in [2.45, 2.75) is 25.2 Å². The Balaban J connectivity index is 2.76. The fourth-order valence-corrected chi connectivity index (χ4v) is 1.82. The summed E-state index contributed by atoms with van der Waals surface area (Å²) in [4.78, 5) is 0. The maximum absolute atomic E-state index is 10.0. The normalized spacial score (nSPS) is 28.7. The molecule has 1 fully saturated rings. The van der Waals surface area contributed by atoms with Gasteiger partial charge in [-0.1, -0.05) is 0 Å². The Morgan fingerprint density at radius 1 is 1.47 bits per heavy atom. The first-order valence-electron chi connectivity index (χ1n) is 4.93. The number of methoxy groups -OCH3 is 2. The van der Waals surface area contributed by atoms with Crippen LogP contribution in [0.5, 0.6) is 0 Å². The molecule has 0 saturated carbocycles. The van der Waals surface area contributed by atoms with Crippen LogP contribution in [0.3, 0.4) is 0 Å². The molecule has 1 aliphatic rings. The summed E-state index contributed by atoms with van der Waals surface area (Å²) < 4.78 is 15.2. The average Bonchev–Trinajstić information content (AvgIpc) is 2.31. The fraction of sp³-hybridized carbons (Fsp3) is 0.900. The van der Waals surface area contributed by atoms with E-state index in [0.717, 1.165) is 6.42 Å². The van der Waals surface area contributed by atoms with E-state index in [9.17, 15) is 5.11 Å². The Kier molecular flexibility index (Phi) is 4.48. The topological polar surface area (TPSA) is 71.7 Å². The van der Waals surface area contributed by atoms with Crippen molar-refractivity contribution in [3.05, 3.63) is 0 Å². The third-order valence-electron chi connectivity index (χ3n) is 2.78. The van der Waals surface area contributed by atoms with Crippen LogP contribution in [0.25, 0.3) is 0 Å². The average molecular weight is 215 g/mol. The van der Waals surface area contributed by atoms with Crippen LogP contribution in [0.1, 0.15) is 12.8 Å². The number of ether oxygens (including phenoxy) is 3. The van der Waals surface area contributed by atoms with Gasteiger partial charge in [-0.2, -0.15) is 5.26 Å². The molecule has 2 atom stereocenters. The Morgan fingerprint density at radius 3 is 2.53 bits per heavy atom. The molecule has 1 heterocycles. The summed E-state index contributed by atoms with van der Waals surface area (Å²) in [6.07, 6.45) is -0.400. The van der Waals surface area contributed by atoms with Crippen molar-refractivity contribution < 1.29 is 19.3 Å². The lowest BCUT2D eigenvalue weighted by atomic mass is 9.78. The van der Waals surface area contributed by atoms with E-state index in [2.05, 4.69) is 6.07 Å². The lowest BCUT2D eigenvalue weighted by Gasteiger charge is -2.37. The molecule has 0 amide bonds. The minimum Gasteiger partial charge on any atom is -0.386 e. The van der Waals surface area contributed by atoms with E-state index in [1.54, 1.807) is 0 Å². The van der Waals surface area contributed by atoms with E-state index in [1.807, 2.05) is 0 Å². The molecule has 1 saturated heterocycles. The maximum Gasteiger partial charge on any atom is 0.184 e. The SMILES string of the molecule is COC(OC)C(O)C1(C#N)CCCOC1. The zero-order valence-electron chi connectivity index (χ0n) is 9.10. The van der Waals surface area contributed by atoms with Gasteiger partial charge in [0.05, 0.1) is 12.7 Å². The van der Waals surface area contributed by atoms with Gasteiger partial charge >= 0.3 is 0 Å². The minimum atomic E-state index is -0.988. The molecule has 86 valence electrons. The number of aliphatic hydroxyl groups is 1. The standard InChI is InChI=1S/C10H17NO4/c1-13-9(14-2)8(12)10(6-11)4-3-5-15-7-10/h8-9,12H,3-5,7H2,1-2H3. The Labute approximate surface area is 89.5 Å². The smallest absolute Gasteiger partial charge is 0.184 e. The first-order chi connectivity index (χ1) is 7.20. The summed E-state index contributed by atoms with van der Waals surface area (Å²) >= 11 is 0. The van der Waals surface area contributed by atoms with Gasteiger partial charge < -0.3 is 19.3 Å². The van der Waals surface area contributed by atoms with E-state index in [4.69, 9.17) is 19.5 Å². The lowest BCUT2D eigenvalue weighted by Crippen LogP contribution is -2.48. The third kappa shape index (κ3) is 2.47. The van der Waals surface area contributed by atoms with Crippen molar-refractivity contribution in [1.29, 1.82) is 5.26 Å². The van der Waals surface area contributed by atoms with Crippen LogP contribution in [0, 0.1) is 16.7 Å². The molecule has 0 spiro atoms. The molecule has 2 unspecified atom stereocenters. The van der Waals surface area contributed by atoms with Gasteiger partial charge in [0.15, 0.2) is 6.29 Å². The zero-order valence-corrected chi connectivity index (χ0v) is 9.10. The number of nitrogens with zero attached hydrogens (tertiary/aromatic N) is 1. The molecular weight excluding hydrogens is 198 g/mol. The second-order valence-corrected chi connectivity index (χ2v) is 3.71. The van der Waals surface area contributed by atoms with Crippen LogP contribution >= 0.6 is 0 Å². The molecule has 0 aromatic carbocycles. The van der Waals surface area contributed by atoms with Gasteiger partial charge in [0.2, 0.25) is 0 Å². The van der Waals surface area contributed by atoms with Crippen molar-refractivity contribution in [3.8, 4) is 6.07 Å². The van der Waals surface area contributed by atoms with Gasteiger partial charge in [0.25, 0.3) is 0 Å². The van der Waals surface area contributed by atoms with E-state index >= 15 is 0 Å². The molecular formula is C10H17NO4. The third-order valence-corrected chi connectivity index (χ3v) is 2.78. The summed E-state index contributed by atoms with van der Waals surface area (Å²) in [5, 5.41) is 19.2. The van der Waals surface area contributed by atoms with Crippen molar-refractivity contribution in [1.82, 2.24) is 0 Å². The molecule has 1 rings (SSSR count). The quantitative estimate of drug-likeness (QED) is 0.682. The van der Waals surface area contributed by atoms with Crippen molar-refractivity contribution >= 4 is 0 Å². The molecule has 1 N–H and O–H groups in total. The molecule has 0 aromatic rings. The first kappa shape index (κ1) is 12.4. The Hall–Kier alpha value is -0.670. The number of rotatable bonds is 4. The van der Waals surface area contributed by atoms with Gasteiger partial charge in [0.1, 0.15) is 11.5 Å². The molecule has 5 nitrogen and oxygen atoms in total. The Morgan fingerprint density at radius 2 is 2.13 bits per heavy atom. The van der Waals surface area contributed by atoms with Crippen LogP contribution in [0.2, 0.25) is 0 Å². The first-order valence-corrected chi connectivity index (χ1v) is 4.93. The monoisotopic (exact) mass is 215 g/mol. The highest BCUT2D eigenvalue weighted by Gasteiger charge is 2.44. The van der Waals surface area contributed by atoms with E-state index in [-0.39, 0.29) is 6.61 Å². The maximum atomic E-state index is 10.0. The van der Waals surface area contributed by atoms with Gasteiger partial charge in [-0.05, 0) is 12.8 Å². The molecule has 1 aliphatic heterocycles. The van der Waals surface area contributed by atoms with Crippen LogP contribution in [0.4, 0.5) is 0 Å². The molecule has 0 radical (unpaired) electrons. The van der Waals surface area contributed by atoms with E-state index < -0.39 is 17.8 Å². The van der Waals surface area contributed by atoms with Crippen LogP contribution in [-0.4, -0.2) is 44.9 Å².